The van der Waals surface area contributed by atoms with E-state index in [4.69, 9.17) is 11.6 Å². The van der Waals surface area contributed by atoms with Gasteiger partial charge in [0.2, 0.25) is 0 Å². The normalized spacial score (nSPS) is 27.5. The summed E-state index contributed by atoms with van der Waals surface area (Å²) in [5.74, 6) is 0.619. The average molecular weight is 193 g/mol. The molecule has 2 atom stereocenters. The zero-order valence-electron chi connectivity index (χ0n) is 7.49. The predicted octanol–water partition coefficient (Wildman–Crippen LogP) is 3.73. The van der Waals surface area contributed by atoms with E-state index in [1.165, 1.54) is 5.56 Å². The summed E-state index contributed by atoms with van der Waals surface area (Å²) in [5, 5.41) is 0.221. The van der Waals surface area contributed by atoms with E-state index in [1.54, 1.807) is 0 Å². The molecule has 1 heteroatoms. The average Bonchev–Trinajstić information content (AvgIpc) is 2.19. The maximum atomic E-state index is 6.07. The third kappa shape index (κ3) is 2.13. The molecule has 0 unspecified atom stereocenters. The number of hydrogen-bond donors (Lipinski definition) is 0. The van der Waals surface area contributed by atoms with Crippen LogP contribution in [0.1, 0.15) is 24.3 Å². The predicted molar refractivity (Wildman–Crippen MR) is 57.2 cm³/mol. The Labute approximate surface area is 84.2 Å². The van der Waals surface area contributed by atoms with E-state index in [2.05, 4.69) is 42.5 Å². The largest absolute Gasteiger partial charge is 0.118 e. The molecule has 0 nitrogen and oxygen atoms in total. The van der Waals surface area contributed by atoms with Gasteiger partial charge in [0, 0.05) is 0 Å². The number of hydrogen-bond acceptors (Lipinski definition) is 0. The van der Waals surface area contributed by atoms with Gasteiger partial charge in [0.25, 0.3) is 0 Å². The van der Waals surface area contributed by atoms with Crippen LogP contribution in [-0.4, -0.2) is 5.38 Å². The second-order valence-electron chi connectivity index (χ2n) is 3.52. The topological polar surface area (TPSA) is 0 Å². The Morgan fingerprint density at radius 2 is 1.92 bits per heavy atom. The molecule has 0 spiro atoms. The molecule has 1 aliphatic carbocycles. The van der Waals surface area contributed by atoms with Crippen LogP contribution in [0.2, 0.25) is 0 Å². The van der Waals surface area contributed by atoms with E-state index >= 15 is 0 Å². The fourth-order valence-electron chi connectivity index (χ4n) is 1.83. The first kappa shape index (κ1) is 8.83. The molecule has 1 aromatic carbocycles. The number of alkyl halides is 1. The fourth-order valence-corrected chi connectivity index (χ4v) is 2.15. The third-order valence-electron chi connectivity index (χ3n) is 2.55. The Balaban J connectivity index is 2.15. The molecule has 0 bridgehead atoms. The van der Waals surface area contributed by atoms with Crippen molar-refractivity contribution in [2.45, 2.75) is 24.1 Å². The SMILES string of the molecule is Cl[C@@H]1C=CC[C@@H](c2ccccc2)C1. The summed E-state index contributed by atoms with van der Waals surface area (Å²) in [6.07, 6.45) is 6.50. The molecule has 0 N–H and O–H groups in total. The van der Waals surface area contributed by atoms with Crippen molar-refractivity contribution in [3.05, 3.63) is 48.0 Å². The van der Waals surface area contributed by atoms with Gasteiger partial charge in [-0.3, -0.25) is 0 Å². The van der Waals surface area contributed by atoms with Crippen molar-refractivity contribution in [1.82, 2.24) is 0 Å². The van der Waals surface area contributed by atoms with Gasteiger partial charge in [-0.25, -0.2) is 0 Å². The summed E-state index contributed by atoms with van der Waals surface area (Å²) in [4.78, 5) is 0. The first-order valence-electron chi connectivity index (χ1n) is 4.72. The number of halogens is 1. The molecule has 0 radical (unpaired) electrons. The lowest BCUT2D eigenvalue weighted by atomic mass is 9.88. The maximum Gasteiger partial charge on any atom is 0.0521 e. The van der Waals surface area contributed by atoms with Crippen molar-refractivity contribution < 1.29 is 0 Å². The van der Waals surface area contributed by atoms with Gasteiger partial charge in [-0.15, -0.1) is 11.6 Å². The first-order chi connectivity index (χ1) is 6.36. The molecule has 0 fully saturated rings. The van der Waals surface area contributed by atoms with Crippen molar-refractivity contribution >= 4 is 11.6 Å². The second kappa shape index (κ2) is 3.97. The Kier molecular flexibility index (Phi) is 2.70. The first-order valence-corrected chi connectivity index (χ1v) is 5.15. The molecule has 13 heavy (non-hydrogen) atoms. The van der Waals surface area contributed by atoms with Crippen LogP contribution in [0.15, 0.2) is 42.5 Å². The third-order valence-corrected chi connectivity index (χ3v) is 2.87. The van der Waals surface area contributed by atoms with E-state index in [0.29, 0.717) is 5.92 Å². The van der Waals surface area contributed by atoms with Crippen molar-refractivity contribution in [1.29, 1.82) is 0 Å². The summed E-state index contributed by atoms with van der Waals surface area (Å²) >= 11 is 6.07. The van der Waals surface area contributed by atoms with Crippen molar-refractivity contribution in [3.8, 4) is 0 Å². The molecule has 0 saturated carbocycles. The molecule has 0 saturated heterocycles. The molecule has 2 rings (SSSR count). The molecule has 68 valence electrons. The van der Waals surface area contributed by atoms with Crippen LogP contribution in [0.25, 0.3) is 0 Å². The second-order valence-corrected chi connectivity index (χ2v) is 4.08. The monoisotopic (exact) mass is 192 g/mol. The van der Waals surface area contributed by atoms with Gasteiger partial charge < -0.3 is 0 Å². The van der Waals surface area contributed by atoms with Crippen LogP contribution in [0.4, 0.5) is 0 Å². The number of allylic oxidation sites excluding steroid dienone is 2. The molecule has 1 aromatic rings. The summed E-state index contributed by atoms with van der Waals surface area (Å²) < 4.78 is 0. The summed E-state index contributed by atoms with van der Waals surface area (Å²) in [6, 6.07) is 10.6. The van der Waals surface area contributed by atoms with Gasteiger partial charge in [0.15, 0.2) is 0 Å². The van der Waals surface area contributed by atoms with Crippen LogP contribution >= 0.6 is 11.6 Å². The molecule has 0 amide bonds. The van der Waals surface area contributed by atoms with Crippen LogP contribution in [0.3, 0.4) is 0 Å². The van der Waals surface area contributed by atoms with E-state index in [1.807, 2.05) is 0 Å². The van der Waals surface area contributed by atoms with Crippen molar-refractivity contribution in [2.24, 2.45) is 0 Å². The lowest BCUT2D eigenvalue weighted by Crippen LogP contribution is -2.09. The van der Waals surface area contributed by atoms with Gasteiger partial charge in [0.05, 0.1) is 5.38 Å². The Hall–Kier alpha value is -0.750. The van der Waals surface area contributed by atoms with E-state index < -0.39 is 0 Å². The zero-order chi connectivity index (χ0) is 9.10. The summed E-state index contributed by atoms with van der Waals surface area (Å²) in [7, 11) is 0. The fraction of sp³-hybridized carbons (Fsp3) is 0.333. The molecular formula is C12H13Cl. The smallest absolute Gasteiger partial charge is 0.0521 e. The summed E-state index contributed by atoms with van der Waals surface area (Å²) in [6.45, 7) is 0. The van der Waals surface area contributed by atoms with Crippen LogP contribution in [0.5, 0.6) is 0 Å². The minimum Gasteiger partial charge on any atom is -0.118 e. The van der Waals surface area contributed by atoms with Crippen LogP contribution < -0.4 is 0 Å². The lowest BCUT2D eigenvalue weighted by Gasteiger charge is -2.21. The number of benzene rings is 1. The van der Waals surface area contributed by atoms with Crippen molar-refractivity contribution in [3.63, 3.8) is 0 Å². The minimum absolute atomic E-state index is 0.221. The molecule has 1 aliphatic rings. The Morgan fingerprint density at radius 1 is 1.15 bits per heavy atom. The quantitative estimate of drug-likeness (QED) is 0.470. The van der Waals surface area contributed by atoms with E-state index in [-0.39, 0.29) is 5.38 Å². The van der Waals surface area contributed by atoms with Crippen LogP contribution in [-0.2, 0) is 0 Å². The Bertz CT molecular complexity index is 289. The van der Waals surface area contributed by atoms with Gasteiger partial charge in [-0.2, -0.15) is 0 Å². The lowest BCUT2D eigenvalue weighted by molar-refractivity contribution is 0.621. The zero-order valence-corrected chi connectivity index (χ0v) is 8.24. The highest BCUT2D eigenvalue weighted by molar-refractivity contribution is 6.21. The Morgan fingerprint density at radius 3 is 2.62 bits per heavy atom. The van der Waals surface area contributed by atoms with Gasteiger partial charge in [-0.05, 0) is 24.3 Å². The molecule has 0 aromatic heterocycles. The van der Waals surface area contributed by atoms with E-state index in [0.717, 1.165) is 12.8 Å². The molecule has 0 heterocycles. The standard InChI is InChI=1S/C12H13Cl/c13-12-8-4-7-11(9-12)10-5-2-1-3-6-10/h1-6,8,11-12H,7,9H2/t11-,12-/m1/s1. The highest BCUT2D eigenvalue weighted by Crippen LogP contribution is 2.30. The minimum atomic E-state index is 0.221. The molecule has 0 aliphatic heterocycles. The van der Waals surface area contributed by atoms with E-state index in [9.17, 15) is 0 Å². The highest BCUT2D eigenvalue weighted by Gasteiger charge is 2.16. The summed E-state index contributed by atoms with van der Waals surface area (Å²) in [5.41, 5.74) is 1.41. The number of rotatable bonds is 1. The highest BCUT2D eigenvalue weighted by atomic mass is 35.5. The van der Waals surface area contributed by atoms with Gasteiger partial charge in [0.1, 0.15) is 0 Å². The van der Waals surface area contributed by atoms with Crippen molar-refractivity contribution in [2.75, 3.05) is 0 Å². The van der Waals surface area contributed by atoms with Gasteiger partial charge >= 0.3 is 0 Å². The molecular weight excluding hydrogens is 180 g/mol. The maximum absolute atomic E-state index is 6.07. The van der Waals surface area contributed by atoms with Crippen LogP contribution in [0, 0.1) is 0 Å². The van der Waals surface area contributed by atoms with Gasteiger partial charge in [-0.1, -0.05) is 42.5 Å².